The molecule has 0 aromatic heterocycles. The van der Waals surface area contributed by atoms with Gasteiger partial charge in [-0.15, -0.1) is 0 Å². The molecule has 2 rings (SSSR count). The topological polar surface area (TPSA) is 55.8 Å². The zero-order valence-corrected chi connectivity index (χ0v) is 15.2. The minimum Gasteiger partial charge on any atom is -0.459 e. The quantitative estimate of drug-likeness (QED) is 0.790. The molecule has 24 heavy (non-hydrogen) atoms. The van der Waals surface area contributed by atoms with E-state index < -0.39 is 17.7 Å². The lowest BCUT2D eigenvalue weighted by atomic mass is 9.91. The van der Waals surface area contributed by atoms with Crippen LogP contribution in [0.25, 0.3) is 0 Å². The lowest BCUT2D eigenvalue weighted by molar-refractivity contribution is -0.150. The highest BCUT2D eigenvalue weighted by Gasteiger charge is 2.46. The molecule has 0 bridgehead atoms. The van der Waals surface area contributed by atoms with Crippen LogP contribution in [-0.2, 0) is 20.9 Å². The van der Waals surface area contributed by atoms with Gasteiger partial charge in [0.25, 0.3) is 0 Å². The minimum atomic E-state index is -0.599. The molecule has 1 aliphatic rings. The van der Waals surface area contributed by atoms with E-state index in [1.54, 1.807) is 0 Å². The Morgan fingerprint density at radius 1 is 1.21 bits per heavy atom. The van der Waals surface area contributed by atoms with Crippen molar-refractivity contribution in [3.8, 4) is 0 Å². The Labute approximate surface area is 143 Å². The van der Waals surface area contributed by atoms with E-state index in [-0.39, 0.29) is 18.0 Å². The standard InChI is InChI=1S/C19H27NO4/c1-18(2,3)24-17(22)20-13-19(4,5)11-15(20)16(21)23-12-14-9-7-6-8-10-14/h6-10,15H,11-13H2,1-5H3. The van der Waals surface area contributed by atoms with Crippen molar-refractivity contribution in [3.05, 3.63) is 35.9 Å². The molecule has 5 nitrogen and oxygen atoms in total. The summed E-state index contributed by atoms with van der Waals surface area (Å²) in [6.45, 7) is 10.2. The summed E-state index contributed by atoms with van der Waals surface area (Å²) in [7, 11) is 0. The number of carbonyl (C=O) groups excluding carboxylic acids is 2. The lowest BCUT2D eigenvalue weighted by Crippen LogP contribution is -2.44. The number of ether oxygens (including phenoxy) is 2. The van der Waals surface area contributed by atoms with Crippen LogP contribution in [0.15, 0.2) is 30.3 Å². The number of nitrogens with zero attached hydrogens (tertiary/aromatic N) is 1. The normalized spacial score (nSPS) is 19.9. The summed E-state index contributed by atoms with van der Waals surface area (Å²) in [4.78, 5) is 26.4. The van der Waals surface area contributed by atoms with E-state index in [1.165, 1.54) is 4.90 Å². The van der Waals surface area contributed by atoms with Crippen LogP contribution in [0, 0.1) is 5.41 Å². The first-order chi connectivity index (χ1) is 11.1. The second-order valence-corrected chi connectivity index (χ2v) is 8.09. The Bertz CT molecular complexity index is 589. The molecule has 1 aromatic carbocycles. The number of amides is 1. The van der Waals surface area contributed by atoms with Gasteiger partial charge >= 0.3 is 12.1 Å². The maximum Gasteiger partial charge on any atom is 0.411 e. The molecule has 1 aliphatic heterocycles. The first-order valence-electron chi connectivity index (χ1n) is 8.28. The number of rotatable bonds is 3. The van der Waals surface area contributed by atoms with Crippen molar-refractivity contribution >= 4 is 12.1 Å². The minimum absolute atomic E-state index is 0.145. The predicted molar refractivity (Wildman–Crippen MR) is 91.4 cm³/mol. The largest absolute Gasteiger partial charge is 0.459 e. The van der Waals surface area contributed by atoms with E-state index in [0.717, 1.165) is 5.56 Å². The molecule has 1 atom stereocenters. The molecular weight excluding hydrogens is 306 g/mol. The molecular formula is C19H27NO4. The molecule has 0 N–H and O–H groups in total. The molecule has 1 unspecified atom stereocenters. The van der Waals surface area contributed by atoms with Crippen molar-refractivity contribution in [2.24, 2.45) is 5.41 Å². The molecule has 132 valence electrons. The highest BCUT2D eigenvalue weighted by Crippen LogP contribution is 2.35. The SMILES string of the molecule is CC1(C)CC(C(=O)OCc2ccccc2)N(C(=O)OC(C)(C)C)C1. The number of hydrogen-bond acceptors (Lipinski definition) is 4. The molecule has 1 fully saturated rings. The molecule has 0 radical (unpaired) electrons. The summed E-state index contributed by atoms with van der Waals surface area (Å²) in [5.41, 5.74) is 0.183. The Morgan fingerprint density at radius 2 is 1.83 bits per heavy atom. The third-order valence-corrected chi connectivity index (χ3v) is 3.84. The number of likely N-dealkylation sites (tertiary alicyclic amines) is 1. The second kappa shape index (κ2) is 6.83. The van der Waals surface area contributed by atoms with Crippen molar-refractivity contribution in [1.82, 2.24) is 4.90 Å². The van der Waals surface area contributed by atoms with Gasteiger partial charge in [0.15, 0.2) is 0 Å². The Kier molecular flexibility index (Phi) is 5.21. The second-order valence-electron chi connectivity index (χ2n) is 8.09. The predicted octanol–water partition coefficient (Wildman–Crippen LogP) is 3.77. The van der Waals surface area contributed by atoms with Crippen LogP contribution in [0.5, 0.6) is 0 Å². The number of benzene rings is 1. The van der Waals surface area contributed by atoms with Crippen molar-refractivity contribution in [2.45, 2.75) is 59.3 Å². The zero-order valence-electron chi connectivity index (χ0n) is 15.2. The van der Waals surface area contributed by atoms with Crippen molar-refractivity contribution in [1.29, 1.82) is 0 Å². The van der Waals surface area contributed by atoms with Crippen LogP contribution >= 0.6 is 0 Å². The van der Waals surface area contributed by atoms with Crippen LogP contribution in [0.4, 0.5) is 4.79 Å². The fraction of sp³-hybridized carbons (Fsp3) is 0.579. The highest BCUT2D eigenvalue weighted by atomic mass is 16.6. The maximum atomic E-state index is 12.5. The Morgan fingerprint density at radius 3 is 2.42 bits per heavy atom. The number of hydrogen-bond donors (Lipinski definition) is 0. The van der Waals surface area contributed by atoms with Gasteiger partial charge in [-0.1, -0.05) is 44.2 Å². The third kappa shape index (κ3) is 4.98. The molecule has 1 saturated heterocycles. The van der Waals surface area contributed by atoms with Crippen LogP contribution in [0.1, 0.15) is 46.6 Å². The van der Waals surface area contributed by atoms with Crippen LogP contribution in [-0.4, -0.2) is 35.2 Å². The summed E-state index contributed by atoms with van der Waals surface area (Å²) in [5.74, 6) is -0.379. The van der Waals surface area contributed by atoms with E-state index in [9.17, 15) is 9.59 Å². The molecule has 0 spiro atoms. The summed E-state index contributed by atoms with van der Waals surface area (Å²) >= 11 is 0. The van der Waals surface area contributed by atoms with Gasteiger partial charge < -0.3 is 9.47 Å². The fourth-order valence-corrected chi connectivity index (χ4v) is 2.82. The van der Waals surface area contributed by atoms with E-state index >= 15 is 0 Å². The van der Waals surface area contributed by atoms with Gasteiger partial charge in [0.2, 0.25) is 0 Å². The highest BCUT2D eigenvalue weighted by molar-refractivity contribution is 5.82. The maximum absolute atomic E-state index is 12.5. The molecule has 0 aliphatic carbocycles. The van der Waals surface area contributed by atoms with E-state index in [2.05, 4.69) is 0 Å². The first kappa shape index (κ1) is 18.3. The Hall–Kier alpha value is -2.04. The average Bonchev–Trinajstić information content (AvgIpc) is 2.80. The molecule has 1 heterocycles. The van der Waals surface area contributed by atoms with Gasteiger partial charge in [-0.2, -0.15) is 0 Å². The van der Waals surface area contributed by atoms with Crippen LogP contribution in [0.3, 0.4) is 0 Å². The zero-order chi connectivity index (χ0) is 18.0. The van der Waals surface area contributed by atoms with Gasteiger partial charge in [-0.3, -0.25) is 4.90 Å². The van der Waals surface area contributed by atoms with E-state index in [4.69, 9.17) is 9.47 Å². The lowest BCUT2D eigenvalue weighted by Gasteiger charge is -2.28. The number of esters is 1. The summed E-state index contributed by atoms with van der Waals surface area (Å²) in [6.07, 6.45) is 0.106. The van der Waals surface area contributed by atoms with Gasteiger partial charge in [0.1, 0.15) is 18.2 Å². The van der Waals surface area contributed by atoms with Crippen molar-refractivity contribution < 1.29 is 19.1 Å². The van der Waals surface area contributed by atoms with Crippen LogP contribution in [0.2, 0.25) is 0 Å². The smallest absolute Gasteiger partial charge is 0.411 e. The van der Waals surface area contributed by atoms with Crippen LogP contribution < -0.4 is 0 Å². The molecule has 1 amide bonds. The average molecular weight is 333 g/mol. The van der Waals surface area contributed by atoms with Gasteiger partial charge in [-0.05, 0) is 38.2 Å². The van der Waals surface area contributed by atoms with Gasteiger partial charge in [0.05, 0.1) is 0 Å². The van der Waals surface area contributed by atoms with Crippen molar-refractivity contribution in [3.63, 3.8) is 0 Å². The molecule has 1 aromatic rings. The van der Waals surface area contributed by atoms with E-state index in [1.807, 2.05) is 65.0 Å². The van der Waals surface area contributed by atoms with Gasteiger partial charge in [0, 0.05) is 6.54 Å². The fourth-order valence-electron chi connectivity index (χ4n) is 2.82. The van der Waals surface area contributed by atoms with Crippen molar-refractivity contribution in [2.75, 3.05) is 6.54 Å². The molecule has 0 saturated carbocycles. The van der Waals surface area contributed by atoms with Gasteiger partial charge in [-0.25, -0.2) is 9.59 Å². The van der Waals surface area contributed by atoms with E-state index in [0.29, 0.717) is 13.0 Å². The summed E-state index contributed by atoms with van der Waals surface area (Å²) < 4.78 is 10.9. The summed E-state index contributed by atoms with van der Waals surface area (Å²) in [5, 5.41) is 0. The Balaban J connectivity index is 2.04. The number of carbonyl (C=O) groups is 2. The molecule has 5 heteroatoms. The third-order valence-electron chi connectivity index (χ3n) is 3.84. The summed E-state index contributed by atoms with van der Waals surface area (Å²) in [6, 6.07) is 8.91. The monoisotopic (exact) mass is 333 g/mol. The first-order valence-corrected chi connectivity index (χ1v) is 8.28.